The van der Waals surface area contributed by atoms with Crippen molar-refractivity contribution < 1.29 is 0 Å². The Morgan fingerprint density at radius 1 is 1.64 bits per heavy atom. The fraction of sp³-hybridized carbons (Fsp3) is 0.700. The van der Waals surface area contributed by atoms with Gasteiger partial charge in [0.05, 0.1) is 5.69 Å². The van der Waals surface area contributed by atoms with Crippen molar-refractivity contribution >= 4 is 11.8 Å². The lowest BCUT2D eigenvalue weighted by molar-refractivity contribution is 0.501. The molecule has 1 rings (SSSR count). The molecule has 4 heteroatoms. The van der Waals surface area contributed by atoms with Gasteiger partial charge in [-0.1, -0.05) is 6.92 Å². The zero-order valence-corrected chi connectivity index (χ0v) is 9.97. The SMILES string of the molecule is CCNC(CCSC)c1ccnn1C. The van der Waals surface area contributed by atoms with E-state index >= 15 is 0 Å². The van der Waals surface area contributed by atoms with Crippen LogP contribution in [0.2, 0.25) is 0 Å². The van der Waals surface area contributed by atoms with Crippen LogP contribution in [0.3, 0.4) is 0 Å². The van der Waals surface area contributed by atoms with Gasteiger partial charge >= 0.3 is 0 Å². The lowest BCUT2D eigenvalue weighted by Gasteiger charge is -2.17. The minimum Gasteiger partial charge on any atom is -0.309 e. The van der Waals surface area contributed by atoms with Crippen LogP contribution in [0.15, 0.2) is 12.3 Å². The Bertz CT molecular complexity index is 260. The van der Waals surface area contributed by atoms with Gasteiger partial charge in [0.1, 0.15) is 0 Å². The summed E-state index contributed by atoms with van der Waals surface area (Å²) in [5.74, 6) is 1.18. The van der Waals surface area contributed by atoms with Crippen molar-refractivity contribution in [2.75, 3.05) is 18.6 Å². The lowest BCUT2D eigenvalue weighted by atomic mass is 10.1. The third-order valence-electron chi connectivity index (χ3n) is 2.28. The Labute approximate surface area is 90.3 Å². The van der Waals surface area contributed by atoms with Crippen LogP contribution in [0, 0.1) is 0 Å². The topological polar surface area (TPSA) is 29.9 Å². The second-order valence-electron chi connectivity index (χ2n) is 3.27. The van der Waals surface area contributed by atoms with Crippen molar-refractivity contribution in [1.29, 1.82) is 0 Å². The molecule has 0 fully saturated rings. The molecule has 1 aromatic heterocycles. The number of nitrogens with zero attached hydrogens (tertiary/aromatic N) is 2. The fourth-order valence-electron chi connectivity index (χ4n) is 1.56. The Morgan fingerprint density at radius 3 is 2.93 bits per heavy atom. The minimum atomic E-state index is 0.444. The molecule has 0 amide bonds. The van der Waals surface area contributed by atoms with E-state index in [1.807, 2.05) is 29.7 Å². The minimum absolute atomic E-state index is 0.444. The molecule has 3 nitrogen and oxygen atoms in total. The van der Waals surface area contributed by atoms with Crippen LogP contribution in [0.5, 0.6) is 0 Å². The van der Waals surface area contributed by atoms with Crippen LogP contribution in [0.1, 0.15) is 25.1 Å². The molecule has 0 aliphatic carbocycles. The molecule has 0 saturated carbocycles. The van der Waals surface area contributed by atoms with Gasteiger partial charge in [-0.3, -0.25) is 4.68 Å². The maximum atomic E-state index is 4.20. The van der Waals surface area contributed by atoms with E-state index in [0.717, 1.165) is 13.0 Å². The second kappa shape index (κ2) is 6.09. The number of hydrogen-bond acceptors (Lipinski definition) is 3. The lowest BCUT2D eigenvalue weighted by Crippen LogP contribution is -2.23. The van der Waals surface area contributed by atoms with E-state index in [4.69, 9.17) is 0 Å². The molecule has 1 aromatic rings. The van der Waals surface area contributed by atoms with Crippen LogP contribution >= 0.6 is 11.8 Å². The Hall–Kier alpha value is -0.480. The number of hydrogen-bond donors (Lipinski definition) is 1. The van der Waals surface area contributed by atoms with E-state index in [9.17, 15) is 0 Å². The van der Waals surface area contributed by atoms with Gasteiger partial charge in [0, 0.05) is 19.3 Å². The van der Waals surface area contributed by atoms with Gasteiger partial charge in [0.2, 0.25) is 0 Å². The van der Waals surface area contributed by atoms with E-state index < -0.39 is 0 Å². The molecule has 0 bridgehead atoms. The monoisotopic (exact) mass is 213 g/mol. The highest BCUT2D eigenvalue weighted by molar-refractivity contribution is 7.98. The van der Waals surface area contributed by atoms with Gasteiger partial charge in [-0.05, 0) is 31.0 Å². The molecular formula is C10H19N3S. The third-order valence-corrected chi connectivity index (χ3v) is 2.92. The fourth-order valence-corrected chi connectivity index (χ4v) is 2.03. The average Bonchev–Trinajstić information content (AvgIpc) is 2.59. The summed E-state index contributed by atoms with van der Waals surface area (Å²) in [4.78, 5) is 0. The van der Waals surface area contributed by atoms with Crippen molar-refractivity contribution in [3.63, 3.8) is 0 Å². The quantitative estimate of drug-likeness (QED) is 0.782. The number of aryl methyl sites for hydroxylation is 1. The molecule has 1 heterocycles. The smallest absolute Gasteiger partial charge is 0.0550 e. The molecule has 0 aliphatic rings. The summed E-state index contributed by atoms with van der Waals surface area (Å²) < 4.78 is 1.95. The summed E-state index contributed by atoms with van der Waals surface area (Å²) in [6, 6.07) is 2.54. The molecular weight excluding hydrogens is 194 g/mol. The van der Waals surface area contributed by atoms with Gasteiger partial charge in [0.25, 0.3) is 0 Å². The summed E-state index contributed by atoms with van der Waals surface area (Å²) in [6.07, 6.45) is 5.17. The molecule has 0 aromatic carbocycles. The molecule has 1 atom stereocenters. The first-order valence-corrected chi connectivity index (χ1v) is 6.39. The predicted molar refractivity (Wildman–Crippen MR) is 62.6 cm³/mol. The molecule has 14 heavy (non-hydrogen) atoms. The van der Waals surface area contributed by atoms with Gasteiger partial charge in [-0.15, -0.1) is 0 Å². The summed E-state index contributed by atoms with van der Waals surface area (Å²) in [7, 11) is 2.00. The van der Waals surface area contributed by atoms with E-state index in [0.29, 0.717) is 6.04 Å². The maximum absolute atomic E-state index is 4.20. The van der Waals surface area contributed by atoms with Gasteiger partial charge in [-0.2, -0.15) is 16.9 Å². The van der Waals surface area contributed by atoms with Crippen LogP contribution < -0.4 is 5.32 Å². The van der Waals surface area contributed by atoms with Crippen molar-refractivity contribution in [3.8, 4) is 0 Å². The zero-order chi connectivity index (χ0) is 10.4. The Kier molecular flexibility index (Phi) is 5.04. The molecule has 1 N–H and O–H groups in total. The van der Waals surface area contributed by atoms with Gasteiger partial charge in [-0.25, -0.2) is 0 Å². The van der Waals surface area contributed by atoms with Crippen LogP contribution in [0.4, 0.5) is 0 Å². The average molecular weight is 213 g/mol. The summed E-state index contributed by atoms with van der Waals surface area (Å²) in [5, 5.41) is 7.68. The molecule has 1 unspecified atom stereocenters. The first kappa shape index (κ1) is 11.6. The highest BCUT2D eigenvalue weighted by Gasteiger charge is 2.12. The first-order valence-electron chi connectivity index (χ1n) is 4.99. The molecule has 0 saturated heterocycles. The van der Waals surface area contributed by atoms with E-state index in [-0.39, 0.29) is 0 Å². The summed E-state index contributed by atoms with van der Waals surface area (Å²) >= 11 is 1.89. The van der Waals surface area contributed by atoms with Crippen molar-refractivity contribution in [1.82, 2.24) is 15.1 Å². The van der Waals surface area contributed by atoms with Crippen molar-refractivity contribution in [2.24, 2.45) is 7.05 Å². The normalized spacial score (nSPS) is 13.1. The third kappa shape index (κ3) is 3.03. The first-order chi connectivity index (χ1) is 6.79. The van der Waals surface area contributed by atoms with E-state index in [1.54, 1.807) is 0 Å². The van der Waals surface area contributed by atoms with Crippen LogP contribution in [-0.4, -0.2) is 28.3 Å². The standard InChI is InChI=1S/C10H19N3S/c1-4-11-9(6-8-14-3)10-5-7-12-13(10)2/h5,7,9,11H,4,6,8H2,1-3H3. The van der Waals surface area contributed by atoms with Crippen molar-refractivity contribution in [3.05, 3.63) is 18.0 Å². The number of nitrogens with one attached hydrogen (secondary N) is 1. The van der Waals surface area contributed by atoms with Gasteiger partial charge < -0.3 is 5.32 Å². The van der Waals surface area contributed by atoms with Crippen LogP contribution in [-0.2, 0) is 7.05 Å². The molecule has 0 spiro atoms. The second-order valence-corrected chi connectivity index (χ2v) is 4.26. The highest BCUT2D eigenvalue weighted by atomic mass is 32.2. The van der Waals surface area contributed by atoms with E-state index in [2.05, 4.69) is 29.7 Å². The van der Waals surface area contributed by atoms with Gasteiger partial charge in [0.15, 0.2) is 0 Å². The predicted octanol–water partition coefficient (Wildman–Crippen LogP) is 1.82. The maximum Gasteiger partial charge on any atom is 0.0550 e. The molecule has 0 radical (unpaired) electrons. The Balaban J connectivity index is 2.62. The highest BCUT2D eigenvalue weighted by Crippen LogP contribution is 2.17. The van der Waals surface area contributed by atoms with E-state index in [1.165, 1.54) is 11.4 Å². The zero-order valence-electron chi connectivity index (χ0n) is 9.16. The van der Waals surface area contributed by atoms with Crippen LogP contribution in [0.25, 0.3) is 0 Å². The number of rotatable bonds is 6. The largest absolute Gasteiger partial charge is 0.309 e. The molecule has 80 valence electrons. The number of aromatic nitrogens is 2. The summed E-state index contributed by atoms with van der Waals surface area (Å²) in [5.41, 5.74) is 1.28. The molecule has 0 aliphatic heterocycles. The number of thioether (sulfide) groups is 1. The van der Waals surface area contributed by atoms with Crippen molar-refractivity contribution in [2.45, 2.75) is 19.4 Å². The summed E-state index contributed by atoms with van der Waals surface area (Å²) in [6.45, 7) is 3.15. The Morgan fingerprint density at radius 2 is 2.43 bits per heavy atom.